The molecule has 0 fully saturated rings. The number of anilines is 1. The number of hydrogen-bond acceptors (Lipinski definition) is 9. The molecule has 11 heteroatoms. The number of amides is 1. The SMILES string of the molecule is CCCCN(Sc1ccc([N+](=O)[O-])cc1)C(=O)ONc1csc(=NC(C)C)s1. The second kappa shape index (κ2) is 11.0. The first-order valence-electron chi connectivity index (χ1n) is 8.68. The number of carbonyl (C=O) groups is 1. The fourth-order valence-electron chi connectivity index (χ4n) is 1.94. The Morgan fingerprint density at radius 3 is 2.71 bits per heavy atom. The van der Waals surface area contributed by atoms with Crippen molar-refractivity contribution in [1.82, 2.24) is 4.31 Å². The molecule has 0 unspecified atom stereocenters. The highest BCUT2D eigenvalue weighted by Crippen LogP contribution is 2.26. The van der Waals surface area contributed by atoms with Gasteiger partial charge in [-0.25, -0.2) is 14.6 Å². The lowest BCUT2D eigenvalue weighted by Crippen LogP contribution is -2.28. The van der Waals surface area contributed by atoms with E-state index in [-0.39, 0.29) is 11.7 Å². The van der Waals surface area contributed by atoms with Crippen molar-refractivity contribution in [2.75, 3.05) is 12.0 Å². The normalized spacial score (nSPS) is 11.5. The van der Waals surface area contributed by atoms with E-state index in [1.165, 1.54) is 51.1 Å². The second-order valence-corrected chi connectivity index (χ2v) is 9.20. The van der Waals surface area contributed by atoms with E-state index in [0.29, 0.717) is 11.5 Å². The zero-order valence-corrected chi connectivity index (χ0v) is 18.2. The summed E-state index contributed by atoms with van der Waals surface area (Å²) in [5.74, 6) is 0. The van der Waals surface area contributed by atoms with Crippen LogP contribution in [0.2, 0.25) is 0 Å². The van der Waals surface area contributed by atoms with Crippen LogP contribution in [0.4, 0.5) is 15.5 Å². The Morgan fingerprint density at radius 2 is 2.11 bits per heavy atom. The van der Waals surface area contributed by atoms with Crippen molar-refractivity contribution in [1.29, 1.82) is 0 Å². The molecule has 1 heterocycles. The zero-order valence-electron chi connectivity index (χ0n) is 15.8. The molecule has 1 amide bonds. The summed E-state index contributed by atoms with van der Waals surface area (Å²) in [7, 11) is 0. The van der Waals surface area contributed by atoms with Crippen LogP contribution in [0.25, 0.3) is 0 Å². The summed E-state index contributed by atoms with van der Waals surface area (Å²) in [6.07, 6.45) is 1.20. The molecule has 0 spiro atoms. The van der Waals surface area contributed by atoms with Crippen molar-refractivity contribution in [2.45, 2.75) is 44.6 Å². The number of nitro groups is 1. The lowest BCUT2D eigenvalue weighted by molar-refractivity contribution is -0.384. The summed E-state index contributed by atoms with van der Waals surface area (Å²) in [5.41, 5.74) is 2.69. The third-order valence-electron chi connectivity index (χ3n) is 3.25. The molecular formula is C17H22N4O4S3. The minimum Gasteiger partial charge on any atom is -0.323 e. The van der Waals surface area contributed by atoms with Crippen molar-refractivity contribution < 1.29 is 14.6 Å². The molecule has 0 atom stereocenters. The third-order valence-corrected chi connectivity index (χ3v) is 6.33. The molecular weight excluding hydrogens is 420 g/mol. The molecule has 0 aliphatic carbocycles. The van der Waals surface area contributed by atoms with Gasteiger partial charge in [-0.2, -0.15) is 0 Å². The van der Waals surface area contributed by atoms with E-state index in [4.69, 9.17) is 4.84 Å². The molecule has 28 heavy (non-hydrogen) atoms. The molecule has 0 radical (unpaired) electrons. The maximum atomic E-state index is 12.5. The van der Waals surface area contributed by atoms with Gasteiger partial charge in [-0.15, -0.1) is 11.3 Å². The van der Waals surface area contributed by atoms with Crippen molar-refractivity contribution >= 4 is 51.4 Å². The smallest absolute Gasteiger partial charge is 0.323 e. The van der Waals surface area contributed by atoms with Gasteiger partial charge in [0.1, 0.15) is 5.00 Å². The van der Waals surface area contributed by atoms with Gasteiger partial charge in [-0.1, -0.05) is 24.7 Å². The summed E-state index contributed by atoms with van der Waals surface area (Å²) in [5, 5.41) is 13.3. The molecule has 2 aromatic rings. The van der Waals surface area contributed by atoms with Crippen LogP contribution in [0.15, 0.2) is 39.5 Å². The second-order valence-electron chi connectivity index (χ2n) is 5.96. The molecule has 0 aliphatic heterocycles. The van der Waals surface area contributed by atoms with Crippen LogP contribution >= 0.6 is 34.6 Å². The Morgan fingerprint density at radius 1 is 1.39 bits per heavy atom. The summed E-state index contributed by atoms with van der Waals surface area (Å²) in [6.45, 7) is 6.53. The van der Waals surface area contributed by atoms with E-state index in [0.717, 1.165) is 21.7 Å². The van der Waals surface area contributed by atoms with Crippen LogP contribution in [0, 0.1) is 10.1 Å². The first-order chi connectivity index (χ1) is 13.4. The first-order valence-corrected chi connectivity index (χ1v) is 11.1. The highest BCUT2D eigenvalue weighted by Gasteiger charge is 2.18. The minimum atomic E-state index is -0.530. The molecule has 8 nitrogen and oxygen atoms in total. The van der Waals surface area contributed by atoms with Gasteiger partial charge >= 0.3 is 6.09 Å². The molecule has 0 saturated carbocycles. The number of nitrogens with zero attached hydrogens (tertiary/aromatic N) is 3. The Bertz CT molecular complexity index is 849. The number of rotatable bonds is 9. The standard InChI is InChI=1S/C17H22N4O4S3/c1-4-5-10-20(28-14-8-6-13(7-9-14)21(23)24)17(22)25-19-15-11-26-16(27-15)18-12(2)3/h6-9,11-12,19H,4-5,10H2,1-3H3. The Labute approximate surface area is 175 Å². The first kappa shape index (κ1) is 22.2. The van der Waals surface area contributed by atoms with Crippen LogP contribution in [-0.2, 0) is 4.84 Å². The van der Waals surface area contributed by atoms with Gasteiger partial charge in [0.25, 0.3) is 5.69 Å². The average Bonchev–Trinajstić information content (AvgIpc) is 3.10. The lowest BCUT2D eigenvalue weighted by atomic mass is 10.3. The van der Waals surface area contributed by atoms with E-state index < -0.39 is 11.0 Å². The van der Waals surface area contributed by atoms with Crippen LogP contribution in [0.3, 0.4) is 0 Å². The van der Waals surface area contributed by atoms with E-state index in [9.17, 15) is 14.9 Å². The molecule has 1 aromatic heterocycles. The summed E-state index contributed by atoms with van der Waals surface area (Å²) in [4.78, 5) is 33.2. The van der Waals surface area contributed by atoms with E-state index >= 15 is 0 Å². The minimum absolute atomic E-state index is 0.00950. The molecule has 0 bridgehead atoms. The molecule has 152 valence electrons. The van der Waals surface area contributed by atoms with Gasteiger partial charge in [-0.3, -0.25) is 15.1 Å². The predicted molar refractivity (Wildman–Crippen MR) is 114 cm³/mol. The number of carbonyl (C=O) groups excluding carboxylic acids is 1. The van der Waals surface area contributed by atoms with Crippen LogP contribution in [0.5, 0.6) is 0 Å². The van der Waals surface area contributed by atoms with E-state index in [1.807, 2.05) is 26.2 Å². The summed E-state index contributed by atoms with van der Waals surface area (Å²) >= 11 is 4.09. The summed E-state index contributed by atoms with van der Waals surface area (Å²) in [6, 6.07) is 6.26. The number of nitro benzene ring substituents is 1. The molecule has 2 rings (SSSR count). The van der Waals surface area contributed by atoms with Crippen LogP contribution in [0.1, 0.15) is 33.6 Å². The van der Waals surface area contributed by atoms with Crippen molar-refractivity contribution in [2.24, 2.45) is 4.99 Å². The Kier molecular flexibility index (Phi) is 8.74. The fourth-order valence-corrected chi connectivity index (χ4v) is 4.79. The molecule has 1 aromatic carbocycles. The number of non-ortho nitro benzene ring substituents is 1. The molecule has 0 saturated heterocycles. The number of benzene rings is 1. The number of unbranched alkanes of at least 4 members (excludes halogenated alkanes) is 1. The maximum absolute atomic E-state index is 12.5. The Balaban J connectivity index is 1.99. The summed E-state index contributed by atoms with van der Waals surface area (Å²) < 4.78 is 2.39. The van der Waals surface area contributed by atoms with E-state index in [1.54, 1.807) is 12.1 Å². The van der Waals surface area contributed by atoms with E-state index in [2.05, 4.69) is 10.5 Å². The maximum Gasteiger partial charge on any atom is 0.444 e. The zero-order chi connectivity index (χ0) is 20.5. The molecule has 0 aliphatic rings. The highest BCUT2D eigenvalue weighted by atomic mass is 32.2. The number of hydrogen-bond donors (Lipinski definition) is 1. The Hall–Kier alpha value is -2.11. The van der Waals surface area contributed by atoms with Gasteiger partial charge in [0.2, 0.25) is 0 Å². The quantitative estimate of drug-likeness (QED) is 0.321. The van der Waals surface area contributed by atoms with Gasteiger partial charge in [0, 0.05) is 35.0 Å². The third kappa shape index (κ3) is 7.13. The van der Waals surface area contributed by atoms with Crippen molar-refractivity contribution in [3.8, 4) is 0 Å². The lowest BCUT2D eigenvalue weighted by Gasteiger charge is -2.20. The van der Waals surface area contributed by atoms with Crippen molar-refractivity contribution in [3.63, 3.8) is 0 Å². The monoisotopic (exact) mass is 442 g/mol. The topological polar surface area (TPSA) is 97.1 Å². The number of nitrogens with one attached hydrogen (secondary N) is 1. The van der Waals surface area contributed by atoms with Crippen LogP contribution < -0.4 is 9.46 Å². The molecule has 1 N–H and O–H groups in total. The van der Waals surface area contributed by atoms with Gasteiger partial charge in [0.05, 0.1) is 4.92 Å². The fraction of sp³-hybridized carbons (Fsp3) is 0.412. The van der Waals surface area contributed by atoms with Gasteiger partial charge < -0.3 is 4.84 Å². The predicted octanol–water partition coefficient (Wildman–Crippen LogP) is 5.30. The van der Waals surface area contributed by atoms with Gasteiger partial charge in [0.15, 0.2) is 3.98 Å². The van der Waals surface area contributed by atoms with Crippen LogP contribution in [-0.4, -0.2) is 27.9 Å². The van der Waals surface area contributed by atoms with Crippen molar-refractivity contribution in [3.05, 3.63) is 43.7 Å². The highest BCUT2D eigenvalue weighted by molar-refractivity contribution is 7.97. The average molecular weight is 443 g/mol. The van der Waals surface area contributed by atoms with Gasteiger partial charge in [-0.05, 0) is 44.3 Å². The largest absolute Gasteiger partial charge is 0.444 e.